The number of aliphatic hydroxyl groups excluding tert-OH is 1. The lowest BCUT2D eigenvalue weighted by molar-refractivity contribution is -0.0591. The van der Waals surface area contributed by atoms with Gasteiger partial charge >= 0.3 is 0 Å². The van der Waals surface area contributed by atoms with E-state index in [1.165, 1.54) is 76.8 Å². The van der Waals surface area contributed by atoms with Gasteiger partial charge in [0.1, 0.15) is 0 Å². The first-order valence-electron chi connectivity index (χ1n) is 15.2. The Kier molecular flexibility index (Phi) is 6.88. The summed E-state index contributed by atoms with van der Waals surface area (Å²) in [5, 5.41) is 10.3. The van der Waals surface area contributed by atoms with Gasteiger partial charge in [-0.25, -0.2) is 0 Å². The van der Waals surface area contributed by atoms with Crippen LogP contribution in [0, 0.1) is 40.4 Å². The lowest BCUT2D eigenvalue weighted by Gasteiger charge is -2.58. The molecule has 4 fully saturated rings. The number of allylic oxidation sites excluding steroid dienone is 1. The van der Waals surface area contributed by atoms with Crippen molar-refractivity contribution >= 4 is 0 Å². The fourth-order valence-electron chi connectivity index (χ4n) is 10.1. The minimum atomic E-state index is -0.0911. The van der Waals surface area contributed by atoms with Crippen LogP contribution in [0.15, 0.2) is 42.0 Å². The van der Waals surface area contributed by atoms with Crippen molar-refractivity contribution in [2.45, 2.75) is 84.8 Å². The molecular weight excluding hydrogens is 440 g/mol. The molecule has 0 amide bonds. The van der Waals surface area contributed by atoms with Crippen LogP contribution in [-0.4, -0.2) is 53.7 Å². The molecule has 8 atom stereocenters. The van der Waals surface area contributed by atoms with Crippen molar-refractivity contribution in [3.05, 3.63) is 47.5 Å². The summed E-state index contributed by atoms with van der Waals surface area (Å²) in [6.07, 6.45) is 12.7. The maximum atomic E-state index is 10.3. The molecule has 1 N–H and O–H groups in total. The number of fused-ring (bicyclic) bond motifs is 5. The standard InChI is InChI=1S/C33H50N2O/c1-24(22-34-17-19-35(20-18-34)23-25-7-5-4-6-8-25)29-11-12-30-28-10-9-26-21-27(36)13-15-32(26,2)31(28)14-16-33(29,30)3/h4-9,24,27-31,36H,10-23H2,1-3H3/t24-,27+,28?,29-,30?,31?,32+,33-/m1/s1. The van der Waals surface area contributed by atoms with E-state index in [1.54, 1.807) is 5.57 Å². The highest BCUT2D eigenvalue weighted by Gasteiger charge is 2.59. The van der Waals surface area contributed by atoms with Gasteiger partial charge in [-0.15, -0.1) is 0 Å². The van der Waals surface area contributed by atoms with Crippen LogP contribution in [0.3, 0.4) is 0 Å². The van der Waals surface area contributed by atoms with Crippen molar-refractivity contribution in [3.8, 4) is 0 Å². The summed E-state index contributed by atoms with van der Waals surface area (Å²) < 4.78 is 0. The number of benzene rings is 1. The molecule has 1 aromatic rings. The summed E-state index contributed by atoms with van der Waals surface area (Å²) >= 11 is 0. The van der Waals surface area contributed by atoms with Gasteiger partial charge in [0.25, 0.3) is 0 Å². The molecule has 3 heteroatoms. The minimum Gasteiger partial charge on any atom is -0.393 e. The topological polar surface area (TPSA) is 26.7 Å². The van der Waals surface area contributed by atoms with Crippen LogP contribution >= 0.6 is 0 Å². The second-order valence-corrected chi connectivity index (χ2v) is 13.9. The third-order valence-electron chi connectivity index (χ3n) is 12.1. The van der Waals surface area contributed by atoms with Gasteiger partial charge in [-0.2, -0.15) is 0 Å². The van der Waals surface area contributed by atoms with Crippen LogP contribution in [0.1, 0.15) is 77.7 Å². The second kappa shape index (κ2) is 9.86. The van der Waals surface area contributed by atoms with Crippen molar-refractivity contribution in [3.63, 3.8) is 0 Å². The Labute approximate surface area is 220 Å². The smallest absolute Gasteiger partial charge is 0.0577 e. The van der Waals surface area contributed by atoms with Crippen LogP contribution in [-0.2, 0) is 6.54 Å². The summed E-state index contributed by atoms with van der Waals surface area (Å²) in [7, 11) is 0. The Balaban J connectivity index is 1.07. The predicted octanol–water partition coefficient (Wildman–Crippen LogP) is 6.38. The summed E-state index contributed by atoms with van der Waals surface area (Å²) in [4.78, 5) is 5.42. The monoisotopic (exact) mass is 490 g/mol. The molecule has 6 rings (SSSR count). The fourth-order valence-corrected chi connectivity index (χ4v) is 10.1. The maximum absolute atomic E-state index is 10.3. The molecule has 0 aromatic heterocycles. The first-order chi connectivity index (χ1) is 17.4. The van der Waals surface area contributed by atoms with Gasteiger partial charge in [-0.05, 0) is 97.3 Å². The van der Waals surface area contributed by atoms with Gasteiger partial charge in [0.2, 0.25) is 0 Å². The van der Waals surface area contributed by atoms with Crippen molar-refractivity contribution in [1.82, 2.24) is 9.80 Å². The maximum Gasteiger partial charge on any atom is 0.0577 e. The van der Waals surface area contributed by atoms with Crippen LogP contribution < -0.4 is 0 Å². The van der Waals surface area contributed by atoms with Gasteiger partial charge < -0.3 is 10.0 Å². The Morgan fingerprint density at radius 3 is 2.44 bits per heavy atom. The zero-order chi connectivity index (χ0) is 24.9. The highest BCUT2D eigenvalue weighted by atomic mass is 16.3. The zero-order valence-corrected chi connectivity index (χ0v) is 23.2. The number of hydrogen-bond acceptors (Lipinski definition) is 3. The Morgan fingerprint density at radius 2 is 1.67 bits per heavy atom. The van der Waals surface area contributed by atoms with E-state index in [4.69, 9.17) is 0 Å². The molecular formula is C33H50N2O. The number of piperazine rings is 1. The van der Waals surface area contributed by atoms with Crippen molar-refractivity contribution in [2.24, 2.45) is 40.4 Å². The molecule has 0 radical (unpaired) electrons. The van der Waals surface area contributed by atoms with Gasteiger partial charge in [0.05, 0.1) is 6.10 Å². The van der Waals surface area contributed by atoms with E-state index in [9.17, 15) is 5.11 Å². The highest BCUT2D eigenvalue weighted by molar-refractivity contribution is 5.25. The summed E-state index contributed by atoms with van der Waals surface area (Å²) in [6.45, 7) is 15.1. The normalized spacial score (nSPS) is 42.2. The Bertz CT molecular complexity index is 936. The molecule has 0 bridgehead atoms. The largest absolute Gasteiger partial charge is 0.393 e. The van der Waals surface area contributed by atoms with Crippen LogP contribution in [0.5, 0.6) is 0 Å². The number of rotatable bonds is 5. The number of hydrogen-bond donors (Lipinski definition) is 1. The van der Waals surface area contributed by atoms with Gasteiger partial charge in [-0.1, -0.05) is 62.8 Å². The van der Waals surface area contributed by atoms with Crippen molar-refractivity contribution in [2.75, 3.05) is 32.7 Å². The second-order valence-electron chi connectivity index (χ2n) is 13.9. The molecule has 3 saturated carbocycles. The van der Waals surface area contributed by atoms with Crippen molar-refractivity contribution in [1.29, 1.82) is 0 Å². The Morgan fingerprint density at radius 1 is 0.917 bits per heavy atom. The van der Waals surface area contributed by atoms with Gasteiger partial charge in [-0.3, -0.25) is 4.90 Å². The van der Waals surface area contributed by atoms with E-state index in [0.717, 1.165) is 49.0 Å². The lowest BCUT2D eigenvalue weighted by Crippen LogP contribution is -2.52. The first-order valence-corrected chi connectivity index (χ1v) is 15.2. The summed E-state index contributed by atoms with van der Waals surface area (Å²) in [5.41, 5.74) is 3.96. The molecule has 4 aliphatic carbocycles. The lowest BCUT2D eigenvalue weighted by atomic mass is 9.47. The van der Waals surface area contributed by atoms with Gasteiger partial charge in [0.15, 0.2) is 0 Å². The first kappa shape index (κ1) is 25.1. The van der Waals surface area contributed by atoms with E-state index >= 15 is 0 Å². The van der Waals surface area contributed by atoms with E-state index in [-0.39, 0.29) is 6.10 Å². The molecule has 1 saturated heterocycles. The van der Waals surface area contributed by atoms with Gasteiger partial charge in [0, 0.05) is 39.3 Å². The molecule has 0 spiro atoms. The van der Waals surface area contributed by atoms with E-state index < -0.39 is 0 Å². The molecule has 198 valence electrons. The van der Waals surface area contributed by atoms with E-state index in [0.29, 0.717) is 10.8 Å². The predicted molar refractivity (Wildman–Crippen MR) is 149 cm³/mol. The number of aliphatic hydroxyl groups is 1. The summed E-state index contributed by atoms with van der Waals surface area (Å²) in [5.74, 6) is 4.33. The molecule has 3 nitrogen and oxygen atoms in total. The molecule has 3 unspecified atom stereocenters. The Hall–Kier alpha value is -1.16. The van der Waals surface area contributed by atoms with Crippen molar-refractivity contribution < 1.29 is 5.11 Å². The molecule has 1 aliphatic heterocycles. The molecule has 5 aliphatic rings. The fraction of sp³-hybridized carbons (Fsp3) is 0.758. The molecule has 36 heavy (non-hydrogen) atoms. The average molecular weight is 491 g/mol. The SMILES string of the molecule is C[C@H](CN1CCN(Cc2ccccc2)CC1)[C@H]1CCC2C3CC=C4C[C@@H](O)CC[C@]4(C)C3CC[C@@]21C. The average Bonchev–Trinajstić information content (AvgIpc) is 3.24. The van der Waals surface area contributed by atoms with E-state index in [1.807, 2.05) is 0 Å². The molecule has 1 aromatic carbocycles. The van der Waals surface area contributed by atoms with Crippen LogP contribution in [0.25, 0.3) is 0 Å². The van der Waals surface area contributed by atoms with Crippen LogP contribution in [0.2, 0.25) is 0 Å². The zero-order valence-electron chi connectivity index (χ0n) is 23.2. The number of nitrogens with zero attached hydrogens (tertiary/aromatic N) is 2. The minimum absolute atomic E-state index is 0.0911. The third-order valence-corrected chi connectivity index (χ3v) is 12.1. The quantitative estimate of drug-likeness (QED) is 0.485. The highest BCUT2D eigenvalue weighted by Crippen LogP contribution is 2.67. The van der Waals surface area contributed by atoms with Crippen LogP contribution in [0.4, 0.5) is 0 Å². The molecule has 1 heterocycles. The third kappa shape index (κ3) is 4.41. The van der Waals surface area contributed by atoms with E-state index in [2.05, 4.69) is 67.0 Å². The summed E-state index contributed by atoms with van der Waals surface area (Å²) in [6, 6.07) is 11.0.